The van der Waals surface area contributed by atoms with Crippen molar-refractivity contribution in [1.29, 1.82) is 0 Å². The zero-order valence-electron chi connectivity index (χ0n) is 17.8. The number of rotatable bonds is 7. The zero-order chi connectivity index (χ0) is 21.7. The average Bonchev–Trinajstić information content (AvgIpc) is 3.14. The Morgan fingerprint density at radius 1 is 1.10 bits per heavy atom. The molecule has 1 fully saturated rings. The second-order valence-electron chi connectivity index (χ2n) is 7.99. The van der Waals surface area contributed by atoms with Gasteiger partial charge in [-0.2, -0.15) is 0 Å². The van der Waals surface area contributed by atoms with Gasteiger partial charge in [-0.25, -0.2) is 0 Å². The van der Waals surface area contributed by atoms with Gasteiger partial charge in [0.1, 0.15) is 0 Å². The summed E-state index contributed by atoms with van der Waals surface area (Å²) in [5.41, 5.74) is 3.61. The van der Waals surface area contributed by atoms with Crippen LogP contribution in [0.5, 0.6) is 0 Å². The summed E-state index contributed by atoms with van der Waals surface area (Å²) >= 11 is 0. The van der Waals surface area contributed by atoms with Crippen LogP contribution in [0.3, 0.4) is 0 Å². The number of carbonyl (C=O) groups is 3. The summed E-state index contributed by atoms with van der Waals surface area (Å²) in [6, 6.07) is 15.3. The molecular weight excluding hydrogens is 378 g/mol. The lowest BCUT2D eigenvalue weighted by atomic mass is 10.1. The van der Waals surface area contributed by atoms with E-state index in [0.29, 0.717) is 18.8 Å². The van der Waals surface area contributed by atoms with Gasteiger partial charge in [0, 0.05) is 36.8 Å². The van der Waals surface area contributed by atoms with E-state index in [1.165, 1.54) is 0 Å². The summed E-state index contributed by atoms with van der Waals surface area (Å²) in [6.07, 6.45) is 1.11. The molecule has 0 radical (unpaired) electrons. The van der Waals surface area contributed by atoms with Crippen molar-refractivity contribution in [2.75, 3.05) is 16.8 Å². The van der Waals surface area contributed by atoms with E-state index in [0.717, 1.165) is 23.2 Å². The first-order valence-corrected chi connectivity index (χ1v) is 10.4. The summed E-state index contributed by atoms with van der Waals surface area (Å²) in [6.45, 7) is 6.49. The van der Waals surface area contributed by atoms with Crippen molar-refractivity contribution in [3.8, 4) is 0 Å². The second kappa shape index (κ2) is 9.57. The number of hydrogen-bond acceptors (Lipinski definition) is 3. The monoisotopic (exact) mass is 407 g/mol. The Labute approximate surface area is 177 Å². The third kappa shape index (κ3) is 5.26. The van der Waals surface area contributed by atoms with Gasteiger partial charge >= 0.3 is 0 Å². The summed E-state index contributed by atoms with van der Waals surface area (Å²) in [5, 5.41) is 5.79. The molecule has 2 aromatic carbocycles. The molecule has 0 aliphatic carbocycles. The van der Waals surface area contributed by atoms with Gasteiger partial charge in [-0.1, -0.05) is 45.0 Å². The van der Waals surface area contributed by atoms with E-state index in [1.807, 2.05) is 62.4 Å². The number of nitrogens with one attached hydrogen (secondary N) is 2. The molecule has 3 rings (SSSR count). The highest BCUT2D eigenvalue weighted by molar-refractivity contribution is 6.00. The molecule has 1 unspecified atom stereocenters. The van der Waals surface area contributed by atoms with Crippen LogP contribution in [0.2, 0.25) is 0 Å². The number of anilines is 2. The number of aryl methyl sites for hydroxylation is 1. The normalized spacial score (nSPS) is 16.1. The summed E-state index contributed by atoms with van der Waals surface area (Å²) < 4.78 is 0. The molecule has 1 saturated heterocycles. The largest absolute Gasteiger partial charge is 0.352 e. The summed E-state index contributed by atoms with van der Waals surface area (Å²) in [4.78, 5) is 38.7. The number of carbonyl (C=O) groups excluding carboxylic acids is 3. The molecule has 0 aromatic heterocycles. The van der Waals surface area contributed by atoms with Crippen molar-refractivity contribution >= 4 is 29.1 Å². The molecule has 1 atom stereocenters. The minimum absolute atomic E-state index is 0.0261. The molecule has 3 amide bonds. The Bertz CT molecular complexity index is 939. The van der Waals surface area contributed by atoms with E-state index in [2.05, 4.69) is 17.6 Å². The van der Waals surface area contributed by atoms with Gasteiger partial charge in [-0.15, -0.1) is 0 Å². The average molecular weight is 408 g/mol. The molecule has 0 spiro atoms. The van der Waals surface area contributed by atoms with E-state index in [9.17, 15) is 14.4 Å². The van der Waals surface area contributed by atoms with Crippen LogP contribution >= 0.6 is 0 Å². The molecule has 1 aliphatic rings. The topological polar surface area (TPSA) is 78.5 Å². The quantitative estimate of drug-likeness (QED) is 0.737. The Morgan fingerprint density at radius 2 is 1.83 bits per heavy atom. The third-order valence-electron chi connectivity index (χ3n) is 5.31. The smallest absolute Gasteiger partial charge is 0.227 e. The zero-order valence-corrected chi connectivity index (χ0v) is 17.8. The van der Waals surface area contributed by atoms with Gasteiger partial charge < -0.3 is 15.5 Å². The lowest BCUT2D eigenvalue weighted by Crippen LogP contribution is -2.32. The van der Waals surface area contributed by atoms with Gasteiger partial charge in [0.25, 0.3) is 0 Å². The van der Waals surface area contributed by atoms with E-state index < -0.39 is 0 Å². The minimum Gasteiger partial charge on any atom is -0.352 e. The van der Waals surface area contributed by atoms with E-state index in [1.54, 1.807) is 4.90 Å². The number of benzene rings is 2. The van der Waals surface area contributed by atoms with Gasteiger partial charge in [-0.3, -0.25) is 14.4 Å². The van der Waals surface area contributed by atoms with Crippen LogP contribution in [0.1, 0.15) is 38.3 Å². The molecule has 0 saturated carbocycles. The predicted octanol–water partition coefficient (Wildman–Crippen LogP) is 3.51. The lowest BCUT2D eigenvalue weighted by molar-refractivity contribution is -0.126. The van der Waals surface area contributed by atoms with E-state index in [4.69, 9.17) is 0 Å². The van der Waals surface area contributed by atoms with Crippen LogP contribution in [0.25, 0.3) is 0 Å². The molecule has 1 heterocycles. The second-order valence-corrected chi connectivity index (χ2v) is 7.99. The number of hydrogen-bond donors (Lipinski definition) is 2. The van der Waals surface area contributed by atoms with Crippen molar-refractivity contribution in [3.63, 3.8) is 0 Å². The standard InChI is InChI=1S/C24H29N3O3/c1-4-17-7-6-10-21(12-17)27-15-19(13-22(27)28)24(30)25-14-18-8-5-9-20(11-18)26-23(29)16(2)3/h5-12,16,19H,4,13-15H2,1-3H3,(H,25,30)(H,26,29). The fourth-order valence-corrected chi connectivity index (χ4v) is 3.46. The van der Waals surface area contributed by atoms with Crippen LogP contribution < -0.4 is 15.5 Å². The Morgan fingerprint density at radius 3 is 2.57 bits per heavy atom. The molecule has 6 nitrogen and oxygen atoms in total. The first kappa shape index (κ1) is 21.6. The van der Waals surface area contributed by atoms with Crippen molar-refractivity contribution in [2.24, 2.45) is 11.8 Å². The Hall–Kier alpha value is -3.15. The maximum atomic E-state index is 12.7. The first-order chi connectivity index (χ1) is 14.4. The molecular formula is C24H29N3O3. The van der Waals surface area contributed by atoms with E-state index >= 15 is 0 Å². The molecule has 30 heavy (non-hydrogen) atoms. The van der Waals surface area contributed by atoms with Crippen LogP contribution in [-0.4, -0.2) is 24.3 Å². The Kier molecular flexibility index (Phi) is 6.87. The van der Waals surface area contributed by atoms with Gasteiger partial charge in [0.05, 0.1) is 5.92 Å². The molecule has 158 valence electrons. The Balaban J connectivity index is 1.58. The SMILES string of the molecule is CCc1cccc(N2CC(C(=O)NCc3cccc(NC(=O)C(C)C)c3)CC2=O)c1. The maximum Gasteiger partial charge on any atom is 0.227 e. The maximum absolute atomic E-state index is 12.7. The van der Waals surface area contributed by atoms with Crippen molar-refractivity contribution in [3.05, 3.63) is 59.7 Å². The molecule has 2 N–H and O–H groups in total. The summed E-state index contributed by atoms with van der Waals surface area (Å²) in [7, 11) is 0. The third-order valence-corrected chi connectivity index (χ3v) is 5.31. The van der Waals surface area contributed by atoms with E-state index in [-0.39, 0.29) is 36.0 Å². The van der Waals surface area contributed by atoms with Crippen molar-refractivity contribution < 1.29 is 14.4 Å². The molecule has 1 aliphatic heterocycles. The minimum atomic E-state index is -0.369. The first-order valence-electron chi connectivity index (χ1n) is 10.4. The van der Waals surface area contributed by atoms with Crippen LogP contribution in [0, 0.1) is 11.8 Å². The highest BCUT2D eigenvalue weighted by Crippen LogP contribution is 2.26. The van der Waals surface area contributed by atoms with Crippen LogP contribution in [0.4, 0.5) is 11.4 Å². The highest BCUT2D eigenvalue weighted by atomic mass is 16.2. The lowest BCUT2D eigenvalue weighted by Gasteiger charge is -2.17. The predicted molar refractivity (Wildman–Crippen MR) is 118 cm³/mol. The van der Waals surface area contributed by atoms with Gasteiger partial charge in [0.2, 0.25) is 17.7 Å². The van der Waals surface area contributed by atoms with Crippen LogP contribution in [0.15, 0.2) is 48.5 Å². The van der Waals surface area contributed by atoms with Crippen LogP contribution in [-0.2, 0) is 27.3 Å². The molecule has 2 aromatic rings. The molecule has 6 heteroatoms. The van der Waals surface area contributed by atoms with Crippen molar-refractivity contribution in [2.45, 2.75) is 40.2 Å². The summed E-state index contributed by atoms with van der Waals surface area (Å²) in [5.74, 6) is -0.676. The van der Waals surface area contributed by atoms with Crippen molar-refractivity contribution in [1.82, 2.24) is 5.32 Å². The van der Waals surface area contributed by atoms with Gasteiger partial charge in [0.15, 0.2) is 0 Å². The fourth-order valence-electron chi connectivity index (χ4n) is 3.46. The highest BCUT2D eigenvalue weighted by Gasteiger charge is 2.35. The number of amides is 3. The van der Waals surface area contributed by atoms with Gasteiger partial charge in [-0.05, 0) is 41.8 Å². The molecule has 0 bridgehead atoms. The fraction of sp³-hybridized carbons (Fsp3) is 0.375. The number of nitrogens with zero attached hydrogens (tertiary/aromatic N) is 1.